The average molecular weight is 389 g/mol. The highest BCUT2D eigenvalue weighted by atomic mass is 19.1. The van der Waals surface area contributed by atoms with Gasteiger partial charge in [-0.05, 0) is 31.2 Å². The van der Waals surface area contributed by atoms with E-state index in [-0.39, 0.29) is 18.7 Å². The SMILES string of the molecule is C[C@H](C(=O)NCCNC(=O)c1ccc(F)cc1F)n1c(=O)oc2ccccc21. The summed E-state index contributed by atoms with van der Waals surface area (Å²) in [6, 6.07) is 8.54. The Kier molecular flexibility index (Phi) is 5.53. The molecule has 2 N–H and O–H groups in total. The molecule has 7 nitrogen and oxygen atoms in total. The number of rotatable bonds is 6. The van der Waals surface area contributed by atoms with Gasteiger partial charge < -0.3 is 15.1 Å². The molecule has 0 unspecified atom stereocenters. The zero-order valence-corrected chi connectivity index (χ0v) is 14.9. The van der Waals surface area contributed by atoms with Crippen molar-refractivity contribution in [3.8, 4) is 0 Å². The maximum Gasteiger partial charge on any atom is 0.420 e. The van der Waals surface area contributed by atoms with E-state index in [0.717, 1.165) is 12.1 Å². The number of aromatic nitrogens is 1. The van der Waals surface area contributed by atoms with E-state index in [9.17, 15) is 23.2 Å². The molecule has 28 heavy (non-hydrogen) atoms. The predicted molar refractivity (Wildman–Crippen MR) is 96.9 cm³/mol. The van der Waals surface area contributed by atoms with Gasteiger partial charge in [-0.2, -0.15) is 0 Å². The first kappa shape index (κ1) is 19.3. The number of amides is 2. The number of benzene rings is 2. The van der Waals surface area contributed by atoms with Crippen LogP contribution in [0.2, 0.25) is 0 Å². The van der Waals surface area contributed by atoms with Crippen LogP contribution < -0.4 is 16.4 Å². The summed E-state index contributed by atoms with van der Waals surface area (Å²) >= 11 is 0. The lowest BCUT2D eigenvalue weighted by atomic mass is 10.2. The van der Waals surface area contributed by atoms with Gasteiger partial charge in [0.2, 0.25) is 5.91 Å². The van der Waals surface area contributed by atoms with Gasteiger partial charge in [-0.1, -0.05) is 12.1 Å². The molecule has 0 fully saturated rings. The highest BCUT2D eigenvalue weighted by Gasteiger charge is 2.21. The Morgan fingerprint density at radius 2 is 1.82 bits per heavy atom. The van der Waals surface area contributed by atoms with Crippen LogP contribution in [0.3, 0.4) is 0 Å². The van der Waals surface area contributed by atoms with E-state index in [1.165, 1.54) is 4.57 Å². The Hall–Kier alpha value is -3.49. The van der Waals surface area contributed by atoms with E-state index in [1.807, 2.05) is 0 Å². The lowest BCUT2D eigenvalue weighted by Crippen LogP contribution is -2.39. The number of carbonyl (C=O) groups is 2. The molecule has 0 radical (unpaired) electrons. The quantitative estimate of drug-likeness (QED) is 0.631. The van der Waals surface area contributed by atoms with Crippen LogP contribution in [0.25, 0.3) is 11.1 Å². The Labute approximate surface area is 157 Å². The molecule has 0 bridgehead atoms. The van der Waals surface area contributed by atoms with E-state index in [4.69, 9.17) is 4.42 Å². The molecule has 1 heterocycles. The molecule has 2 amide bonds. The Morgan fingerprint density at radius 1 is 1.11 bits per heavy atom. The Balaban J connectivity index is 1.56. The molecule has 0 spiro atoms. The summed E-state index contributed by atoms with van der Waals surface area (Å²) in [6.45, 7) is 1.63. The van der Waals surface area contributed by atoms with Gasteiger partial charge >= 0.3 is 5.76 Å². The lowest BCUT2D eigenvalue weighted by molar-refractivity contribution is -0.123. The van der Waals surface area contributed by atoms with Crippen LogP contribution in [0.15, 0.2) is 51.7 Å². The van der Waals surface area contributed by atoms with Crippen molar-refractivity contribution in [2.24, 2.45) is 0 Å². The molecule has 0 saturated carbocycles. The number of halogens is 2. The van der Waals surface area contributed by atoms with E-state index < -0.39 is 35.2 Å². The van der Waals surface area contributed by atoms with Crippen molar-refractivity contribution in [1.82, 2.24) is 15.2 Å². The van der Waals surface area contributed by atoms with Gasteiger partial charge in [-0.25, -0.2) is 13.6 Å². The van der Waals surface area contributed by atoms with Crippen LogP contribution in [0, 0.1) is 11.6 Å². The Morgan fingerprint density at radius 3 is 2.57 bits per heavy atom. The van der Waals surface area contributed by atoms with Crippen molar-refractivity contribution in [3.05, 3.63) is 70.2 Å². The van der Waals surface area contributed by atoms with Crippen LogP contribution in [0.1, 0.15) is 23.3 Å². The van der Waals surface area contributed by atoms with Crippen LogP contribution in [-0.2, 0) is 4.79 Å². The van der Waals surface area contributed by atoms with Gasteiger partial charge in [0.15, 0.2) is 5.58 Å². The molecule has 0 saturated heterocycles. The third kappa shape index (κ3) is 3.93. The smallest absolute Gasteiger partial charge is 0.408 e. The molecule has 3 rings (SSSR count). The van der Waals surface area contributed by atoms with Crippen molar-refractivity contribution in [2.75, 3.05) is 13.1 Å². The second kappa shape index (κ2) is 8.03. The predicted octanol–water partition coefficient (Wildman–Crippen LogP) is 1.98. The fourth-order valence-corrected chi connectivity index (χ4v) is 2.75. The summed E-state index contributed by atoms with van der Waals surface area (Å²) in [5.41, 5.74) is 0.577. The van der Waals surface area contributed by atoms with Crippen molar-refractivity contribution in [3.63, 3.8) is 0 Å². The highest BCUT2D eigenvalue weighted by molar-refractivity contribution is 5.94. The molecule has 146 valence electrons. The van der Waals surface area contributed by atoms with E-state index in [0.29, 0.717) is 17.2 Å². The van der Waals surface area contributed by atoms with Crippen molar-refractivity contribution >= 4 is 22.9 Å². The fourth-order valence-electron chi connectivity index (χ4n) is 2.75. The number of nitrogens with one attached hydrogen (secondary N) is 2. The highest BCUT2D eigenvalue weighted by Crippen LogP contribution is 2.16. The second-order valence-corrected chi connectivity index (χ2v) is 6.05. The Bertz CT molecular complexity index is 1090. The summed E-state index contributed by atoms with van der Waals surface area (Å²) in [5.74, 6) is -3.57. The lowest BCUT2D eigenvalue weighted by Gasteiger charge is -2.13. The summed E-state index contributed by atoms with van der Waals surface area (Å²) in [7, 11) is 0. The summed E-state index contributed by atoms with van der Waals surface area (Å²) in [4.78, 5) is 36.2. The van der Waals surface area contributed by atoms with Gasteiger partial charge in [-0.15, -0.1) is 0 Å². The molecule has 9 heteroatoms. The molecule has 1 atom stereocenters. The van der Waals surface area contributed by atoms with E-state index in [1.54, 1.807) is 31.2 Å². The number of para-hydroxylation sites is 2. The maximum atomic E-state index is 13.6. The molecular weight excluding hydrogens is 372 g/mol. The molecule has 0 aliphatic rings. The first-order valence-corrected chi connectivity index (χ1v) is 8.49. The zero-order chi connectivity index (χ0) is 20.3. The largest absolute Gasteiger partial charge is 0.420 e. The number of hydrogen-bond acceptors (Lipinski definition) is 4. The zero-order valence-electron chi connectivity index (χ0n) is 14.9. The third-order valence-corrected chi connectivity index (χ3v) is 4.17. The number of fused-ring (bicyclic) bond motifs is 1. The number of carbonyl (C=O) groups excluding carboxylic acids is 2. The molecule has 1 aromatic heterocycles. The normalized spacial score (nSPS) is 12.0. The average Bonchev–Trinajstić information content (AvgIpc) is 2.99. The van der Waals surface area contributed by atoms with Crippen molar-refractivity contribution < 1.29 is 22.8 Å². The van der Waals surface area contributed by atoms with Crippen LogP contribution >= 0.6 is 0 Å². The monoisotopic (exact) mass is 389 g/mol. The molecular formula is C19H17F2N3O4. The van der Waals surface area contributed by atoms with Gasteiger partial charge in [0.05, 0.1) is 11.1 Å². The first-order valence-electron chi connectivity index (χ1n) is 8.49. The molecule has 2 aromatic carbocycles. The van der Waals surface area contributed by atoms with E-state index >= 15 is 0 Å². The third-order valence-electron chi connectivity index (χ3n) is 4.17. The fraction of sp³-hybridized carbons (Fsp3) is 0.211. The maximum absolute atomic E-state index is 13.6. The number of nitrogens with zero attached hydrogens (tertiary/aromatic N) is 1. The number of hydrogen-bond donors (Lipinski definition) is 2. The van der Waals surface area contributed by atoms with Gasteiger partial charge in [0.25, 0.3) is 5.91 Å². The van der Waals surface area contributed by atoms with Gasteiger partial charge in [0, 0.05) is 19.2 Å². The van der Waals surface area contributed by atoms with Gasteiger partial charge in [-0.3, -0.25) is 14.2 Å². The van der Waals surface area contributed by atoms with Crippen molar-refractivity contribution in [1.29, 1.82) is 0 Å². The minimum atomic E-state index is -0.971. The second-order valence-electron chi connectivity index (χ2n) is 6.05. The summed E-state index contributed by atoms with van der Waals surface area (Å²) < 4.78 is 32.8. The van der Waals surface area contributed by atoms with E-state index in [2.05, 4.69) is 10.6 Å². The van der Waals surface area contributed by atoms with Crippen LogP contribution in [0.5, 0.6) is 0 Å². The minimum Gasteiger partial charge on any atom is -0.408 e. The first-order chi connectivity index (χ1) is 13.4. The number of oxazole rings is 1. The summed E-state index contributed by atoms with van der Waals surface area (Å²) in [5, 5.41) is 5.01. The minimum absolute atomic E-state index is 0.0230. The molecule has 0 aliphatic carbocycles. The van der Waals surface area contributed by atoms with Gasteiger partial charge in [0.1, 0.15) is 17.7 Å². The standard InChI is InChI=1S/C19H17F2N3O4/c1-11(24-15-4-2-3-5-16(15)28-19(24)27)17(25)22-8-9-23-18(26)13-7-6-12(20)10-14(13)21/h2-7,10-11H,8-9H2,1H3,(H,22,25)(H,23,26)/t11-/m1/s1. The topological polar surface area (TPSA) is 93.3 Å². The van der Waals surface area contributed by atoms with Crippen LogP contribution in [0.4, 0.5) is 8.78 Å². The van der Waals surface area contributed by atoms with Crippen molar-refractivity contribution in [2.45, 2.75) is 13.0 Å². The molecule has 0 aliphatic heterocycles. The summed E-state index contributed by atoms with van der Waals surface area (Å²) in [6.07, 6.45) is 0. The van der Waals surface area contributed by atoms with Crippen LogP contribution in [-0.4, -0.2) is 29.5 Å². The molecule has 3 aromatic rings.